The number of nitrogens with two attached hydrogens (primary N) is 1. The van der Waals surface area contributed by atoms with Gasteiger partial charge >= 0.3 is 0 Å². The maximum atomic E-state index is 5.73. The lowest BCUT2D eigenvalue weighted by Crippen LogP contribution is -2.12. The Morgan fingerprint density at radius 3 is 2.40 bits per heavy atom. The predicted octanol–water partition coefficient (Wildman–Crippen LogP) is 3.07. The molecule has 0 aliphatic heterocycles. The zero-order valence-electron chi connectivity index (χ0n) is 11.7. The van der Waals surface area contributed by atoms with Gasteiger partial charge in [0.2, 0.25) is 0 Å². The minimum absolute atomic E-state index is 0.637. The van der Waals surface area contributed by atoms with Crippen molar-refractivity contribution >= 4 is 5.69 Å². The summed E-state index contributed by atoms with van der Waals surface area (Å²) in [4.78, 5) is 0. The molecule has 20 heavy (non-hydrogen) atoms. The van der Waals surface area contributed by atoms with Gasteiger partial charge in [-0.05, 0) is 42.7 Å². The molecule has 0 fully saturated rings. The van der Waals surface area contributed by atoms with Gasteiger partial charge in [-0.1, -0.05) is 30.3 Å². The second kappa shape index (κ2) is 8.23. The maximum absolute atomic E-state index is 5.73. The molecule has 0 saturated carbocycles. The van der Waals surface area contributed by atoms with Gasteiger partial charge in [0.05, 0.1) is 6.61 Å². The summed E-state index contributed by atoms with van der Waals surface area (Å²) in [6.45, 7) is 2.17. The number of aryl methyl sites for hydroxylation is 1. The second-order valence-corrected chi connectivity index (χ2v) is 4.68. The van der Waals surface area contributed by atoms with Crippen LogP contribution in [0.2, 0.25) is 0 Å². The first-order valence-electron chi connectivity index (χ1n) is 7.09. The van der Waals surface area contributed by atoms with Crippen molar-refractivity contribution in [2.24, 2.45) is 5.73 Å². The van der Waals surface area contributed by atoms with Crippen molar-refractivity contribution in [1.29, 1.82) is 0 Å². The highest BCUT2D eigenvalue weighted by Gasteiger charge is 1.96. The second-order valence-electron chi connectivity index (χ2n) is 4.68. The summed E-state index contributed by atoms with van der Waals surface area (Å²) in [5.74, 6) is 0.913. The van der Waals surface area contributed by atoms with Gasteiger partial charge < -0.3 is 15.8 Å². The highest BCUT2D eigenvalue weighted by Crippen LogP contribution is 2.15. The summed E-state index contributed by atoms with van der Waals surface area (Å²) >= 11 is 0. The molecule has 2 aromatic rings. The third-order valence-electron chi connectivity index (χ3n) is 3.05. The SMILES string of the molecule is NCCNc1ccc(OCCCc2ccccc2)cc1. The molecule has 3 N–H and O–H groups in total. The fourth-order valence-electron chi connectivity index (χ4n) is 2.00. The molecule has 0 amide bonds. The van der Waals surface area contributed by atoms with Crippen LogP contribution in [0.15, 0.2) is 54.6 Å². The Hall–Kier alpha value is -2.00. The zero-order chi connectivity index (χ0) is 14.0. The fraction of sp³-hybridized carbons (Fsp3) is 0.294. The molecule has 3 nitrogen and oxygen atoms in total. The molecule has 0 bridgehead atoms. The monoisotopic (exact) mass is 270 g/mol. The summed E-state index contributed by atoms with van der Waals surface area (Å²) in [7, 11) is 0. The Bertz CT molecular complexity index is 482. The maximum Gasteiger partial charge on any atom is 0.119 e. The third kappa shape index (κ3) is 4.94. The summed E-state index contributed by atoms with van der Waals surface area (Å²) in [5.41, 5.74) is 7.88. The van der Waals surface area contributed by atoms with Gasteiger partial charge in [0.15, 0.2) is 0 Å². The predicted molar refractivity (Wildman–Crippen MR) is 84.2 cm³/mol. The van der Waals surface area contributed by atoms with Crippen LogP contribution >= 0.6 is 0 Å². The van der Waals surface area contributed by atoms with Crippen LogP contribution in [0, 0.1) is 0 Å². The Morgan fingerprint density at radius 2 is 1.70 bits per heavy atom. The van der Waals surface area contributed by atoms with Crippen molar-refractivity contribution in [3.8, 4) is 5.75 Å². The average molecular weight is 270 g/mol. The minimum atomic E-state index is 0.637. The van der Waals surface area contributed by atoms with E-state index in [0.717, 1.165) is 37.4 Å². The van der Waals surface area contributed by atoms with E-state index in [2.05, 4.69) is 29.6 Å². The van der Waals surface area contributed by atoms with E-state index in [9.17, 15) is 0 Å². The molecule has 3 heteroatoms. The first-order chi connectivity index (χ1) is 9.88. The molecule has 0 aliphatic rings. The van der Waals surface area contributed by atoms with Gasteiger partial charge in [-0.3, -0.25) is 0 Å². The van der Waals surface area contributed by atoms with Crippen molar-refractivity contribution in [2.75, 3.05) is 25.0 Å². The Balaban J connectivity index is 1.69. The minimum Gasteiger partial charge on any atom is -0.494 e. The molecule has 0 aromatic heterocycles. The molecule has 2 aromatic carbocycles. The van der Waals surface area contributed by atoms with Crippen LogP contribution in [0.4, 0.5) is 5.69 Å². The van der Waals surface area contributed by atoms with Gasteiger partial charge in [0, 0.05) is 18.8 Å². The van der Waals surface area contributed by atoms with Crippen LogP contribution < -0.4 is 15.8 Å². The summed E-state index contributed by atoms with van der Waals surface area (Å²) in [6, 6.07) is 18.5. The molecule has 0 unspecified atom stereocenters. The molecule has 2 rings (SSSR count). The largest absolute Gasteiger partial charge is 0.494 e. The summed E-state index contributed by atoms with van der Waals surface area (Å²) < 4.78 is 5.73. The van der Waals surface area contributed by atoms with Gasteiger partial charge in [-0.25, -0.2) is 0 Å². The average Bonchev–Trinajstić information content (AvgIpc) is 2.52. The number of hydrogen-bond donors (Lipinski definition) is 2. The highest BCUT2D eigenvalue weighted by atomic mass is 16.5. The number of rotatable bonds is 8. The normalized spacial score (nSPS) is 10.2. The van der Waals surface area contributed by atoms with E-state index in [1.54, 1.807) is 0 Å². The van der Waals surface area contributed by atoms with Crippen molar-refractivity contribution in [1.82, 2.24) is 0 Å². The van der Waals surface area contributed by atoms with Crippen molar-refractivity contribution < 1.29 is 4.74 Å². The Kier molecular flexibility index (Phi) is 5.93. The van der Waals surface area contributed by atoms with Crippen molar-refractivity contribution in [3.05, 3.63) is 60.2 Å². The number of hydrogen-bond acceptors (Lipinski definition) is 3. The number of anilines is 1. The number of benzene rings is 2. The lowest BCUT2D eigenvalue weighted by Gasteiger charge is -2.08. The third-order valence-corrected chi connectivity index (χ3v) is 3.05. The first-order valence-corrected chi connectivity index (χ1v) is 7.09. The quantitative estimate of drug-likeness (QED) is 0.725. The van der Waals surface area contributed by atoms with Gasteiger partial charge in [0.1, 0.15) is 5.75 Å². The van der Waals surface area contributed by atoms with Crippen molar-refractivity contribution in [2.45, 2.75) is 12.8 Å². The van der Waals surface area contributed by atoms with Crippen LogP contribution in [0.1, 0.15) is 12.0 Å². The molecule has 0 aliphatic carbocycles. The molecular weight excluding hydrogens is 248 g/mol. The van der Waals surface area contributed by atoms with E-state index >= 15 is 0 Å². The van der Waals surface area contributed by atoms with Gasteiger partial charge in [-0.2, -0.15) is 0 Å². The van der Waals surface area contributed by atoms with E-state index in [4.69, 9.17) is 10.5 Å². The van der Waals surface area contributed by atoms with Gasteiger partial charge in [-0.15, -0.1) is 0 Å². The molecule has 0 spiro atoms. The summed E-state index contributed by atoms with van der Waals surface area (Å²) in [5, 5.41) is 3.23. The molecular formula is C17H22N2O. The van der Waals surface area contributed by atoms with Crippen molar-refractivity contribution in [3.63, 3.8) is 0 Å². The smallest absolute Gasteiger partial charge is 0.119 e. The number of nitrogens with one attached hydrogen (secondary N) is 1. The van der Waals surface area contributed by atoms with Gasteiger partial charge in [0.25, 0.3) is 0 Å². The van der Waals surface area contributed by atoms with E-state index < -0.39 is 0 Å². The molecule has 106 valence electrons. The van der Waals surface area contributed by atoms with E-state index in [1.165, 1.54) is 5.56 Å². The van der Waals surface area contributed by atoms with Crippen LogP contribution in [0.5, 0.6) is 5.75 Å². The van der Waals surface area contributed by atoms with E-state index in [1.807, 2.05) is 30.3 Å². The molecule has 0 atom stereocenters. The Labute approximate surface area is 120 Å². The number of ether oxygens (including phenoxy) is 1. The first kappa shape index (κ1) is 14.4. The molecule has 0 radical (unpaired) electrons. The highest BCUT2D eigenvalue weighted by molar-refractivity contribution is 5.46. The Morgan fingerprint density at radius 1 is 0.950 bits per heavy atom. The van der Waals surface area contributed by atoms with E-state index in [0.29, 0.717) is 6.54 Å². The van der Waals surface area contributed by atoms with Crippen LogP contribution in [-0.2, 0) is 6.42 Å². The summed E-state index contributed by atoms with van der Waals surface area (Å²) in [6.07, 6.45) is 2.08. The van der Waals surface area contributed by atoms with E-state index in [-0.39, 0.29) is 0 Å². The topological polar surface area (TPSA) is 47.3 Å². The fourth-order valence-corrected chi connectivity index (χ4v) is 2.00. The van der Waals surface area contributed by atoms with Crippen LogP contribution in [0.25, 0.3) is 0 Å². The standard InChI is InChI=1S/C17H22N2O/c18-12-13-19-16-8-10-17(11-9-16)20-14-4-7-15-5-2-1-3-6-15/h1-3,5-6,8-11,19H,4,7,12-14,18H2. The lowest BCUT2D eigenvalue weighted by molar-refractivity contribution is 0.311. The zero-order valence-corrected chi connectivity index (χ0v) is 11.7. The van der Waals surface area contributed by atoms with Crippen LogP contribution in [0.3, 0.4) is 0 Å². The molecule has 0 heterocycles. The molecule has 0 saturated heterocycles. The van der Waals surface area contributed by atoms with Crippen LogP contribution in [-0.4, -0.2) is 19.7 Å². The lowest BCUT2D eigenvalue weighted by atomic mass is 10.1.